The maximum absolute atomic E-state index is 13.4. The largest absolute Gasteiger partial charge is 0.496 e. The van der Waals surface area contributed by atoms with E-state index in [-0.39, 0.29) is 25.0 Å². The number of hydrogen-bond donors (Lipinski definition) is 2. The van der Waals surface area contributed by atoms with Crippen LogP contribution < -0.4 is 4.74 Å². The highest BCUT2D eigenvalue weighted by Gasteiger charge is 2.34. The number of hydrogen-bond acceptors (Lipinski definition) is 4. The van der Waals surface area contributed by atoms with E-state index in [2.05, 4.69) is 10.2 Å². The van der Waals surface area contributed by atoms with Crippen molar-refractivity contribution in [3.63, 3.8) is 0 Å². The summed E-state index contributed by atoms with van der Waals surface area (Å²) in [5.41, 5.74) is 3.09. The van der Waals surface area contributed by atoms with Crippen LogP contribution in [0.15, 0.2) is 60.9 Å². The smallest absolute Gasteiger partial charge is 0.407 e. The molecule has 2 aromatic carbocycles. The van der Waals surface area contributed by atoms with Gasteiger partial charge in [0, 0.05) is 42.5 Å². The molecule has 1 saturated heterocycles. The SMILES string of the molecule is COc1cc(C(=O)N2CCN(C(=O)O)CC2c2ccccc2)ccc1-c1cn[nH]c1. The molecule has 0 saturated carbocycles. The maximum atomic E-state index is 13.4. The Labute approximate surface area is 173 Å². The first-order valence-electron chi connectivity index (χ1n) is 9.59. The van der Waals surface area contributed by atoms with Gasteiger partial charge in [-0.1, -0.05) is 30.3 Å². The van der Waals surface area contributed by atoms with Crippen LogP contribution in [0.1, 0.15) is 22.0 Å². The van der Waals surface area contributed by atoms with Crippen molar-refractivity contribution in [3.8, 4) is 16.9 Å². The van der Waals surface area contributed by atoms with E-state index in [0.29, 0.717) is 17.9 Å². The number of carboxylic acid groups (broad SMARTS) is 1. The number of aromatic amines is 1. The number of nitrogens with one attached hydrogen (secondary N) is 1. The fourth-order valence-corrected chi connectivity index (χ4v) is 3.79. The molecule has 1 fully saturated rings. The lowest BCUT2D eigenvalue weighted by Crippen LogP contribution is -2.52. The number of methoxy groups -OCH3 is 1. The second-order valence-corrected chi connectivity index (χ2v) is 7.06. The summed E-state index contributed by atoms with van der Waals surface area (Å²) in [6.07, 6.45) is 2.47. The molecule has 0 aliphatic carbocycles. The lowest BCUT2D eigenvalue weighted by atomic mass is 10.00. The Kier molecular flexibility index (Phi) is 5.38. The Balaban J connectivity index is 1.66. The summed E-state index contributed by atoms with van der Waals surface area (Å²) in [5, 5.41) is 16.2. The van der Waals surface area contributed by atoms with E-state index in [4.69, 9.17) is 4.74 Å². The molecule has 3 aromatic rings. The molecule has 8 heteroatoms. The molecule has 2 amide bonds. The quantitative estimate of drug-likeness (QED) is 0.693. The number of benzene rings is 2. The summed E-state index contributed by atoms with van der Waals surface area (Å²) in [6, 6.07) is 14.5. The second kappa shape index (κ2) is 8.28. The van der Waals surface area contributed by atoms with Gasteiger partial charge in [-0.05, 0) is 23.8 Å². The molecule has 1 unspecified atom stereocenters. The highest BCUT2D eigenvalue weighted by atomic mass is 16.5. The molecule has 1 atom stereocenters. The third-order valence-corrected chi connectivity index (χ3v) is 5.35. The lowest BCUT2D eigenvalue weighted by Gasteiger charge is -2.40. The predicted octanol–water partition coefficient (Wildman–Crippen LogP) is 3.26. The number of carbonyl (C=O) groups is 2. The molecule has 8 nitrogen and oxygen atoms in total. The van der Waals surface area contributed by atoms with Crippen LogP contribution >= 0.6 is 0 Å². The second-order valence-electron chi connectivity index (χ2n) is 7.06. The molecular formula is C22H22N4O4. The van der Waals surface area contributed by atoms with Gasteiger partial charge in [-0.3, -0.25) is 9.89 Å². The van der Waals surface area contributed by atoms with Gasteiger partial charge in [0.2, 0.25) is 0 Å². The Morgan fingerprint density at radius 2 is 1.97 bits per heavy atom. The van der Waals surface area contributed by atoms with E-state index < -0.39 is 6.09 Å². The maximum Gasteiger partial charge on any atom is 0.407 e. The number of piperazine rings is 1. The van der Waals surface area contributed by atoms with E-state index in [1.54, 1.807) is 36.5 Å². The monoisotopic (exact) mass is 406 g/mol. The van der Waals surface area contributed by atoms with Crippen LogP contribution in [-0.4, -0.2) is 63.8 Å². The van der Waals surface area contributed by atoms with Gasteiger partial charge in [0.25, 0.3) is 5.91 Å². The van der Waals surface area contributed by atoms with Crippen molar-refractivity contribution in [1.29, 1.82) is 0 Å². The van der Waals surface area contributed by atoms with Crippen LogP contribution in [0.25, 0.3) is 11.1 Å². The average molecular weight is 406 g/mol. The minimum Gasteiger partial charge on any atom is -0.496 e. The number of ether oxygens (including phenoxy) is 1. The zero-order valence-electron chi connectivity index (χ0n) is 16.5. The molecule has 0 spiro atoms. The van der Waals surface area contributed by atoms with Gasteiger partial charge in [0.05, 0.1) is 19.3 Å². The van der Waals surface area contributed by atoms with Crippen molar-refractivity contribution in [2.45, 2.75) is 6.04 Å². The van der Waals surface area contributed by atoms with Crippen molar-refractivity contribution in [3.05, 3.63) is 72.1 Å². The highest BCUT2D eigenvalue weighted by Crippen LogP contribution is 2.32. The summed E-state index contributed by atoms with van der Waals surface area (Å²) in [5.74, 6) is 0.411. The molecule has 2 N–H and O–H groups in total. The molecule has 0 radical (unpaired) electrons. The van der Waals surface area contributed by atoms with Crippen LogP contribution in [0.5, 0.6) is 5.75 Å². The number of aromatic nitrogens is 2. The molecule has 4 rings (SSSR count). The summed E-state index contributed by atoms with van der Waals surface area (Å²) in [4.78, 5) is 28.0. The molecule has 1 aliphatic heterocycles. The predicted molar refractivity (Wildman–Crippen MR) is 110 cm³/mol. The summed E-state index contributed by atoms with van der Waals surface area (Å²) in [7, 11) is 1.56. The number of nitrogens with zero attached hydrogens (tertiary/aromatic N) is 3. The van der Waals surface area contributed by atoms with Gasteiger partial charge in [0.1, 0.15) is 5.75 Å². The first-order valence-corrected chi connectivity index (χ1v) is 9.59. The van der Waals surface area contributed by atoms with Crippen molar-refractivity contribution in [2.24, 2.45) is 0 Å². The first-order chi connectivity index (χ1) is 14.6. The first kappa shape index (κ1) is 19.5. The molecule has 154 valence electrons. The number of H-pyrrole nitrogens is 1. The molecule has 2 heterocycles. The van der Waals surface area contributed by atoms with E-state index in [9.17, 15) is 14.7 Å². The van der Waals surface area contributed by atoms with E-state index in [1.165, 1.54) is 4.90 Å². The molecule has 1 aromatic heterocycles. The van der Waals surface area contributed by atoms with E-state index >= 15 is 0 Å². The van der Waals surface area contributed by atoms with Gasteiger partial charge in [0.15, 0.2) is 0 Å². The normalized spacial score (nSPS) is 16.4. The third kappa shape index (κ3) is 3.71. The molecular weight excluding hydrogens is 384 g/mol. The minimum atomic E-state index is -0.978. The van der Waals surface area contributed by atoms with Crippen LogP contribution in [0.4, 0.5) is 4.79 Å². The zero-order chi connectivity index (χ0) is 21.1. The third-order valence-electron chi connectivity index (χ3n) is 5.35. The van der Waals surface area contributed by atoms with E-state index in [0.717, 1.165) is 16.7 Å². The van der Waals surface area contributed by atoms with Crippen molar-refractivity contribution < 1.29 is 19.4 Å². The van der Waals surface area contributed by atoms with Gasteiger partial charge in [-0.15, -0.1) is 0 Å². The van der Waals surface area contributed by atoms with Crippen LogP contribution in [0.2, 0.25) is 0 Å². The Morgan fingerprint density at radius 3 is 2.63 bits per heavy atom. The van der Waals surface area contributed by atoms with Gasteiger partial charge in [-0.2, -0.15) is 5.10 Å². The van der Waals surface area contributed by atoms with Gasteiger partial charge >= 0.3 is 6.09 Å². The molecule has 30 heavy (non-hydrogen) atoms. The summed E-state index contributed by atoms with van der Waals surface area (Å²) >= 11 is 0. The number of rotatable bonds is 4. The number of carbonyl (C=O) groups excluding carboxylic acids is 1. The van der Waals surface area contributed by atoms with Crippen molar-refractivity contribution in [1.82, 2.24) is 20.0 Å². The highest BCUT2D eigenvalue weighted by molar-refractivity contribution is 5.96. The Morgan fingerprint density at radius 1 is 1.17 bits per heavy atom. The fraction of sp³-hybridized carbons (Fsp3) is 0.227. The number of amides is 2. The Bertz CT molecular complexity index is 1040. The van der Waals surface area contributed by atoms with Crippen LogP contribution in [0.3, 0.4) is 0 Å². The zero-order valence-corrected chi connectivity index (χ0v) is 16.5. The van der Waals surface area contributed by atoms with Crippen LogP contribution in [-0.2, 0) is 0 Å². The topological polar surface area (TPSA) is 98.8 Å². The van der Waals surface area contributed by atoms with Gasteiger partial charge in [-0.25, -0.2) is 4.79 Å². The summed E-state index contributed by atoms with van der Waals surface area (Å²) < 4.78 is 5.51. The van der Waals surface area contributed by atoms with Gasteiger partial charge < -0.3 is 19.6 Å². The lowest BCUT2D eigenvalue weighted by molar-refractivity contribution is 0.0447. The Hall–Kier alpha value is -3.81. The fourth-order valence-electron chi connectivity index (χ4n) is 3.79. The minimum absolute atomic E-state index is 0.161. The van der Waals surface area contributed by atoms with Crippen LogP contribution in [0, 0.1) is 0 Å². The molecule has 0 bridgehead atoms. The average Bonchev–Trinajstić information content (AvgIpc) is 3.33. The molecule has 1 aliphatic rings. The summed E-state index contributed by atoms with van der Waals surface area (Å²) in [6.45, 7) is 0.820. The van der Waals surface area contributed by atoms with Crippen molar-refractivity contribution in [2.75, 3.05) is 26.7 Å². The standard InChI is InChI=1S/C22H22N4O4/c1-30-20-11-16(7-8-18(20)17-12-23-24-13-17)21(27)26-10-9-25(22(28)29)14-19(26)15-5-3-2-4-6-15/h2-8,11-13,19H,9-10,14H2,1H3,(H,23,24)(H,28,29). The van der Waals surface area contributed by atoms with E-state index in [1.807, 2.05) is 36.4 Å². The van der Waals surface area contributed by atoms with Crippen molar-refractivity contribution >= 4 is 12.0 Å².